The smallest absolute Gasteiger partial charge is 0.381 e. The third kappa shape index (κ3) is 4.48. The maximum Gasteiger partial charge on any atom is 0.416 e. The van der Waals surface area contributed by atoms with Crippen LogP contribution < -0.4 is 11.1 Å². The van der Waals surface area contributed by atoms with Crippen LogP contribution in [0, 0.1) is 5.41 Å². The van der Waals surface area contributed by atoms with Crippen LogP contribution in [-0.2, 0) is 22.3 Å². The summed E-state index contributed by atoms with van der Waals surface area (Å²) in [7, 11) is 0. The highest BCUT2D eigenvalue weighted by molar-refractivity contribution is 7.13. The molecular weight excluding hydrogens is 379 g/mol. The Morgan fingerprint density at radius 1 is 1.26 bits per heavy atom. The van der Waals surface area contributed by atoms with E-state index in [-0.39, 0.29) is 19.0 Å². The van der Waals surface area contributed by atoms with Gasteiger partial charge >= 0.3 is 6.18 Å². The highest BCUT2D eigenvalue weighted by Crippen LogP contribution is 2.32. The summed E-state index contributed by atoms with van der Waals surface area (Å²) in [4.78, 5) is 17.0. The van der Waals surface area contributed by atoms with Crippen molar-refractivity contribution in [1.82, 2.24) is 10.3 Å². The number of nitrogens with one attached hydrogen (secondary N) is 1. The number of carbonyl (C=O) groups is 1. The molecule has 1 aliphatic heterocycles. The summed E-state index contributed by atoms with van der Waals surface area (Å²) in [5.41, 5.74) is 5.78. The van der Waals surface area contributed by atoms with Crippen LogP contribution in [0.15, 0.2) is 29.6 Å². The van der Waals surface area contributed by atoms with Gasteiger partial charge in [-0.1, -0.05) is 12.1 Å². The van der Waals surface area contributed by atoms with Crippen molar-refractivity contribution in [2.24, 2.45) is 11.1 Å². The van der Waals surface area contributed by atoms with Crippen molar-refractivity contribution >= 4 is 17.2 Å². The quantitative estimate of drug-likeness (QED) is 0.810. The predicted octanol–water partition coefficient (Wildman–Crippen LogP) is 3.20. The Labute approximate surface area is 158 Å². The number of rotatable bonds is 5. The maximum atomic E-state index is 12.6. The van der Waals surface area contributed by atoms with Gasteiger partial charge in [0.05, 0.1) is 23.2 Å². The minimum atomic E-state index is -4.36. The number of benzene rings is 1. The van der Waals surface area contributed by atoms with Crippen LogP contribution in [0.25, 0.3) is 10.6 Å². The Kier molecular flexibility index (Phi) is 5.83. The zero-order chi connectivity index (χ0) is 19.5. The van der Waals surface area contributed by atoms with Crippen molar-refractivity contribution in [1.29, 1.82) is 0 Å². The van der Waals surface area contributed by atoms with E-state index in [1.807, 2.05) is 0 Å². The zero-order valence-corrected chi connectivity index (χ0v) is 15.3. The molecule has 0 saturated carbocycles. The minimum Gasteiger partial charge on any atom is -0.381 e. The molecule has 0 unspecified atom stereocenters. The van der Waals surface area contributed by atoms with Crippen LogP contribution in [0.5, 0.6) is 0 Å². The number of nitrogens with zero attached hydrogens (tertiary/aromatic N) is 1. The molecular formula is C18H20F3N3O2S. The Hall–Kier alpha value is -1.97. The SMILES string of the molecule is NCC1(C(=O)NCc2csc(-c3ccc(C(F)(F)F)cc3)n2)CCOCC1. The Bertz CT molecular complexity index is 784. The molecule has 5 nitrogen and oxygen atoms in total. The molecule has 2 heterocycles. The lowest BCUT2D eigenvalue weighted by atomic mass is 9.79. The molecule has 0 radical (unpaired) electrons. The third-order valence-electron chi connectivity index (χ3n) is 4.76. The van der Waals surface area contributed by atoms with Gasteiger partial charge in [0.15, 0.2) is 0 Å². The molecule has 0 bridgehead atoms. The summed E-state index contributed by atoms with van der Waals surface area (Å²) >= 11 is 1.32. The van der Waals surface area contributed by atoms with Crippen LogP contribution in [-0.4, -0.2) is 30.6 Å². The highest BCUT2D eigenvalue weighted by Gasteiger charge is 2.38. The molecule has 0 atom stereocenters. The molecule has 0 spiro atoms. The van der Waals surface area contributed by atoms with Crippen LogP contribution >= 0.6 is 11.3 Å². The molecule has 1 saturated heterocycles. The number of hydrogen-bond donors (Lipinski definition) is 2. The van der Waals surface area contributed by atoms with Crippen molar-refractivity contribution in [3.8, 4) is 10.6 Å². The van der Waals surface area contributed by atoms with E-state index >= 15 is 0 Å². The predicted molar refractivity (Wildman–Crippen MR) is 95.9 cm³/mol. The monoisotopic (exact) mass is 399 g/mol. The van der Waals surface area contributed by atoms with Crippen molar-refractivity contribution in [3.63, 3.8) is 0 Å². The van der Waals surface area contributed by atoms with E-state index in [1.165, 1.54) is 23.5 Å². The van der Waals surface area contributed by atoms with Gasteiger partial charge in [0.25, 0.3) is 0 Å². The van der Waals surface area contributed by atoms with Gasteiger partial charge in [0.2, 0.25) is 5.91 Å². The summed E-state index contributed by atoms with van der Waals surface area (Å²) in [5, 5.41) is 5.26. The number of amides is 1. The lowest BCUT2D eigenvalue weighted by Gasteiger charge is -2.34. The van der Waals surface area contributed by atoms with Crippen molar-refractivity contribution in [3.05, 3.63) is 40.9 Å². The van der Waals surface area contributed by atoms with Gasteiger partial charge in [-0.05, 0) is 25.0 Å². The van der Waals surface area contributed by atoms with E-state index in [9.17, 15) is 18.0 Å². The number of nitrogens with two attached hydrogens (primary N) is 1. The standard InChI is InChI=1S/C18H20F3N3O2S/c19-18(20,21)13-3-1-12(2-4-13)15-24-14(10-27-15)9-23-16(25)17(11-22)5-7-26-8-6-17/h1-4,10H,5-9,11,22H2,(H,23,25). The normalized spacial score (nSPS) is 16.9. The first kappa shape index (κ1) is 19.8. The third-order valence-corrected chi connectivity index (χ3v) is 5.70. The molecule has 1 fully saturated rings. The topological polar surface area (TPSA) is 77.2 Å². The Morgan fingerprint density at radius 2 is 1.93 bits per heavy atom. The molecule has 1 amide bonds. The number of aromatic nitrogens is 1. The molecule has 1 aliphatic rings. The number of ether oxygens (including phenoxy) is 1. The first-order valence-electron chi connectivity index (χ1n) is 8.52. The Morgan fingerprint density at radius 3 is 2.52 bits per heavy atom. The lowest BCUT2D eigenvalue weighted by Crippen LogP contribution is -2.49. The van der Waals surface area contributed by atoms with E-state index in [0.29, 0.717) is 42.3 Å². The summed E-state index contributed by atoms with van der Waals surface area (Å²) in [6.45, 7) is 1.54. The van der Waals surface area contributed by atoms with Gasteiger partial charge < -0.3 is 15.8 Å². The van der Waals surface area contributed by atoms with Crippen LogP contribution in [0.4, 0.5) is 13.2 Å². The zero-order valence-electron chi connectivity index (χ0n) is 14.5. The lowest BCUT2D eigenvalue weighted by molar-refractivity contribution is -0.137. The van der Waals surface area contributed by atoms with Crippen molar-refractivity contribution < 1.29 is 22.7 Å². The van der Waals surface area contributed by atoms with E-state index in [0.717, 1.165) is 12.1 Å². The van der Waals surface area contributed by atoms with Crippen LogP contribution in [0.1, 0.15) is 24.1 Å². The number of hydrogen-bond acceptors (Lipinski definition) is 5. The molecule has 3 rings (SSSR count). The molecule has 1 aromatic carbocycles. The molecule has 0 aliphatic carbocycles. The van der Waals surface area contributed by atoms with Gasteiger partial charge in [0, 0.05) is 30.7 Å². The van der Waals surface area contributed by atoms with Crippen LogP contribution in [0.3, 0.4) is 0 Å². The fourth-order valence-electron chi connectivity index (χ4n) is 2.97. The Balaban J connectivity index is 1.63. The van der Waals surface area contributed by atoms with E-state index in [1.54, 1.807) is 5.38 Å². The van der Waals surface area contributed by atoms with Gasteiger partial charge in [-0.2, -0.15) is 13.2 Å². The second kappa shape index (κ2) is 7.95. The number of thiazole rings is 1. The first-order valence-corrected chi connectivity index (χ1v) is 9.40. The second-order valence-electron chi connectivity index (χ2n) is 6.50. The maximum absolute atomic E-state index is 12.6. The average Bonchev–Trinajstić information content (AvgIpc) is 3.15. The molecule has 9 heteroatoms. The van der Waals surface area contributed by atoms with Crippen molar-refractivity contribution in [2.75, 3.05) is 19.8 Å². The molecule has 3 N–H and O–H groups in total. The summed E-state index contributed by atoms with van der Waals surface area (Å²) in [6, 6.07) is 4.87. The average molecular weight is 399 g/mol. The van der Waals surface area contributed by atoms with E-state index in [4.69, 9.17) is 10.5 Å². The number of halogens is 3. The molecule has 1 aromatic heterocycles. The summed E-state index contributed by atoms with van der Waals surface area (Å²) in [6.07, 6.45) is -3.19. The second-order valence-corrected chi connectivity index (χ2v) is 7.36. The highest BCUT2D eigenvalue weighted by atomic mass is 32.1. The fraction of sp³-hybridized carbons (Fsp3) is 0.444. The summed E-state index contributed by atoms with van der Waals surface area (Å²) in [5.74, 6) is -0.114. The number of carbonyl (C=O) groups excluding carboxylic acids is 1. The van der Waals surface area contributed by atoms with Gasteiger partial charge in [0.1, 0.15) is 5.01 Å². The molecule has 27 heavy (non-hydrogen) atoms. The largest absolute Gasteiger partial charge is 0.416 e. The van der Waals surface area contributed by atoms with E-state index in [2.05, 4.69) is 10.3 Å². The molecule has 146 valence electrons. The molecule has 2 aromatic rings. The van der Waals surface area contributed by atoms with Gasteiger partial charge in [-0.3, -0.25) is 4.79 Å². The van der Waals surface area contributed by atoms with Gasteiger partial charge in [-0.25, -0.2) is 4.98 Å². The minimum absolute atomic E-state index is 0.114. The van der Waals surface area contributed by atoms with Crippen LogP contribution in [0.2, 0.25) is 0 Å². The first-order chi connectivity index (χ1) is 12.8. The van der Waals surface area contributed by atoms with Crippen molar-refractivity contribution in [2.45, 2.75) is 25.6 Å². The van der Waals surface area contributed by atoms with Gasteiger partial charge in [-0.15, -0.1) is 11.3 Å². The fourth-order valence-corrected chi connectivity index (χ4v) is 3.79. The summed E-state index contributed by atoms with van der Waals surface area (Å²) < 4.78 is 43.2. The number of alkyl halides is 3. The van der Waals surface area contributed by atoms with E-state index < -0.39 is 17.2 Å².